The fourth-order valence-corrected chi connectivity index (χ4v) is 2.96. The molecular weight excluding hydrogens is 332 g/mol. The summed E-state index contributed by atoms with van der Waals surface area (Å²) in [4.78, 5) is 0. The van der Waals surface area contributed by atoms with Gasteiger partial charge in [-0.15, -0.1) is 0 Å². The Morgan fingerprint density at radius 1 is 1.24 bits per heavy atom. The predicted octanol–water partition coefficient (Wildman–Crippen LogP) is 4.15. The van der Waals surface area contributed by atoms with Gasteiger partial charge in [0.2, 0.25) is 0 Å². The van der Waals surface area contributed by atoms with Gasteiger partial charge in [0.15, 0.2) is 0 Å². The number of ether oxygens (including phenoxy) is 2. The van der Waals surface area contributed by atoms with Gasteiger partial charge in [0.25, 0.3) is 0 Å². The van der Waals surface area contributed by atoms with Crippen LogP contribution in [0.1, 0.15) is 35.3 Å². The highest BCUT2D eigenvalue weighted by atomic mass is 79.9. The molecule has 0 aliphatic carbocycles. The summed E-state index contributed by atoms with van der Waals surface area (Å²) in [5.41, 5.74) is 3.05. The van der Waals surface area contributed by atoms with Crippen molar-refractivity contribution in [3.05, 3.63) is 63.6 Å². The molecule has 0 aromatic heterocycles. The van der Waals surface area contributed by atoms with Crippen LogP contribution in [0, 0.1) is 0 Å². The number of aliphatic hydroxyl groups is 1. The quantitative estimate of drug-likeness (QED) is 0.905. The number of hydrogen-bond acceptors (Lipinski definition) is 3. The lowest BCUT2D eigenvalue weighted by molar-refractivity contribution is 0.0656. The van der Waals surface area contributed by atoms with Gasteiger partial charge in [0, 0.05) is 23.6 Å². The molecule has 0 bridgehead atoms. The molecule has 0 radical (unpaired) electrons. The Morgan fingerprint density at radius 2 is 2.00 bits per heavy atom. The molecule has 1 aliphatic rings. The zero-order valence-corrected chi connectivity index (χ0v) is 13.3. The maximum atomic E-state index is 10.3. The van der Waals surface area contributed by atoms with E-state index in [9.17, 15) is 5.11 Å². The minimum atomic E-state index is -0.495. The van der Waals surface area contributed by atoms with E-state index in [1.165, 1.54) is 0 Å². The Kier molecular flexibility index (Phi) is 4.29. The first kappa shape index (κ1) is 14.6. The van der Waals surface area contributed by atoms with Crippen LogP contribution in [0.25, 0.3) is 0 Å². The number of rotatable bonds is 3. The molecule has 0 spiro atoms. The lowest BCUT2D eigenvalue weighted by Crippen LogP contribution is -2.19. The molecule has 1 aliphatic heterocycles. The molecule has 21 heavy (non-hydrogen) atoms. The summed E-state index contributed by atoms with van der Waals surface area (Å²) in [5, 5.41) is 10.3. The predicted molar refractivity (Wildman–Crippen MR) is 84.2 cm³/mol. The number of halogens is 1. The molecule has 0 saturated heterocycles. The first-order valence-electron chi connectivity index (χ1n) is 6.89. The third-order valence-electron chi connectivity index (χ3n) is 3.70. The monoisotopic (exact) mass is 348 g/mol. The zero-order chi connectivity index (χ0) is 14.8. The van der Waals surface area contributed by atoms with Crippen LogP contribution in [0.15, 0.2) is 46.9 Å². The number of fused-ring (bicyclic) bond motifs is 1. The summed E-state index contributed by atoms with van der Waals surface area (Å²) in [6.07, 6.45) is -0.0537. The summed E-state index contributed by atoms with van der Waals surface area (Å²) in [5.74, 6) is 0.745. The van der Waals surface area contributed by atoms with Crippen LogP contribution in [-0.4, -0.2) is 12.2 Å². The molecule has 2 aromatic rings. The summed E-state index contributed by atoms with van der Waals surface area (Å²) in [6, 6.07) is 13.9. The van der Waals surface area contributed by atoms with Crippen molar-refractivity contribution in [2.24, 2.45) is 0 Å². The summed E-state index contributed by atoms with van der Waals surface area (Å²) >= 11 is 3.44. The highest BCUT2D eigenvalue weighted by Crippen LogP contribution is 2.41. The molecule has 0 fully saturated rings. The van der Waals surface area contributed by atoms with Gasteiger partial charge < -0.3 is 14.6 Å². The fourth-order valence-electron chi connectivity index (χ4n) is 2.62. The lowest BCUT2D eigenvalue weighted by Gasteiger charge is -2.30. The van der Waals surface area contributed by atoms with E-state index in [1.54, 1.807) is 7.11 Å². The van der Waals surface area contributed by atoms with Crippen LogP contribution in [-0.2, 0) is 11.3 Å². The van der Waals surface area contributed by atoms with Crippen molar-refractivity contribution >= 4 is 15.9 Å². The summed E-state index contributed by atoms with van der Waals surface area (Å²) in [7, 11) is 1.68. The van der Waals surface area contributed by atoms with Gasteiger partial charge in [-0.2, -0.15) is 0 Å². The topological polar surface area (TPSA) is 38.7 Å². The highest BCUT2D eigenvalue weighted by Gasteiger charge is 2.28. The van der Waals surface area contributed by atoms with Gasteiger partial charge in [0.1, 0.15) is 11.9 Å². The van der Waals surface area contributed by atoms with E-state index in [1.807, 2.05) is 42.5 Å². The molecule has 0 amide bonds. The summed E-state index contributed by atoms with van der Waals surface area (Å²) < 4.78 is 12.1. The lowest BCUT2D eigenvalue weighted by atomic mass is 9.94. The standard InChI is InChI=1S/C17H17BrO3/c1-20-10-11-2-4-12(5-3-11)16-9-15(19)14-7-6-13(18)8-17(14)21-16/h2-8,15-16,19H,9-10H2,1H3. The van der Waals surface area contributed by atoms with Crippen molar-refractivity contribution in [2.45, 2.75) is 25.2 Å². The smallest absolute Gasteiger partial charge is 0.127 e. The SMILES string of the molecule is COCc1ccc(C2CC(O)c3ccc(Br)cc3O2)cc1. The van der Waals surface area contributed by atoms with Crippen LogP contribution in [0.2, 0.25) is 0 Å². The first-order chi connectivity index (χ1) is 10.2. The second-order valence-electron chi connectivity index (χ2n) is 5.21. The Balaban J connectivity index is 1.84. The van der Waals surface area contributed by atoms with Crippen LogP contribution < -0.4 is 4.74 Å². The number of hydrogen-bond donors (Lipinski definition) is 1. The van der Waals surface area contributed by atoms with E-state index in [0.717, 1.165) is 26.9 Å². The van der Waals surface area contributed by atoms with E-state index in [0.29, 0.717) is 13.0 Å². The van der Waals surface area contributed by atoms with Crippen molar-refractivity contribution in [1.29, 1.82) is 0 Å². The minimum absolute atomic E-state index is 0.126. The second-order valence-corrected chi connectivity index (χ2v) is 6.13. The molecule has 1 heterocycles. The highest BCUT2D eigenvalue weighted by molar-refractivity contribution is 9.10. The molecule has 2 unspecified atom stereocenters. The van der Waals surface area contributed by atoms with Gasteiger partial charge in [-0.1, -0.05) is 46.3 Å². The maximum Gasteiger partial charge on any atom is 0.127 e. The largest absolute Gasteiger partial charge is 0.485 e. The number of methoxy groups -OCH3 is 1. The molecule has 2 aromatic carbocycles. The minimum Gasteiger partial charge on any atom is -0.485 e. The average molecular weight is 349 g/mol. The van der Waals surface area contributed by atoms with Gasteiger partial charge in [0.05, 0.1) is 12.7 Å². The van der Waals surface area contributed by atoms with Gasteiger partial charge in [-0.3, -0.25) is 0 Å². The van der Waals surface area contributed by atoms with Crippen molar-refractivity contribution in [3.63, 3.8) is 0 Å². The number of benzene rings is 2. The maximum absolute atomic E-state index is 10.3. The fraction of sp³-hybridized carbons (Fsp3) is 0.294. The molecule has 4 heteroatoms. The van der Waals surface area contributed by atoms with E-state index in [2.05, 4.69) is 15.9 Å². The van der Waals surface area contributed by atoms with Crippen molar-refractivity contribution in [2.75, 3.05) is 7.11 Å². The van der Waals surface area contributed by atoms with Crippen molar-refractivity contribution in [1.82, 2.24) is 0 Å². The van der Waals surface area contributed by atoms with Gasteiger partial charge in [-0.05, 0) is 23.3 Å². The Morgan fingerprint density at radius 3 is 2.71 bits per heavy atom. The van der Waals surface area contributed by atoms with Crippen LogP contribution in [0.3, 0.4) is 0 Å². The third-order valence-corrected chi connectivity index (χ3v) is 4.20. The molecule has 1 N–H and O–H groups in total. The van der Waals surface area contributed by atoms with Crippen LogP contribution in [0.5, 0.6) is 5.75 Å². The van der Waals surface area contributed by atoms with Gasteiger partial charge >= 0.3 is 0 Å². The van der Waals surface area contributed by atoms with E-state index in [-0.39, 0.29) is 6.10 Å². The third kappa shape index (κ3) is 3.12. The molecule has 110 valence electrons. The molecule has 2 atom stereocenters. The van der Waals surface area contributed by atoms with E-state index < -0.39 is 6.10 Å². The molecular formula is C17H17BrO3. The Hall–Kier alpha value is -1.36. The van der Waals surface area contributed by atoms with Gasteiger partial charge in [-0.25, -0.2) is 0 Å². The molecule has 3 rings (SSSR count). The Labute approximate surface area is 132 Å². The van der Waals surface area contributed by atoms with E-state index in [4.69, 9.17) is 9.47 Å². The number of aliphatic hydroxyl groups excluding tert-OH is 1. The van der Waals surface area contributed by atoms with Crippen LogP contribution >= 0.6 is 15.9 Å². The second kappa shape index (κ2) is 6.18. The molecule has 3 nitrogen and oxygen atoms in total. The van der Waals surface area contributed by atoms with E-state index >= 15 is 0 Å². The zero-order valence-electron chi connectivity index (χ0n) is 11.8. The average Bonchev–Trinajstić information content (AvgIpc) is 2.48. The summed E-state index contributed by atoms with van der Waals surface area (Å²) in [6.45, 7) is 0.601. The van der Waals surface area contributed by atoms with Crippen LogP contribution in [0.4, 0.5) is 0 Å². The normalized spacial score (nSPS) is 20.7. The first-order valence-corrected chi connectivity index (χ1v) is 7.68. The molecule has 0 saturated carbocycles. The van der Waals surface area contributed by atoms with Crippen molar-refractivity contribution < 1.29 is 14.6 Å². The Bertz CT molecular complexity index is 624. The van der Waals surface area contributed by atoms with Crippen molar-refractivity contribution in [3.8, 4) is 5.75 Å².